The minimum absolute atomic E-state index is 0.752. The molecule has 0 heterocycles. The first-order valence-corrected chi connectivity index (χ1v) is 3.22. The van der Waals surface area contributed by atoms with Gasteiger partial charge in [0.1, 0.15) is 0 Å². The van der Waals surface area contributed by atoms with Gasteiger partial charge in [-0.1, -0.05) is 6.58 Å². The van der Waals surface area contributed by atoms with Crippen molar-refractivity contribution in [3.63, 3.8) is 0 Å². The SMILES string of the molecule is C=C(N=C(C)C)C(C)=NC. The molecule has 2 heteroatoms. The minimum atomic E-state index is 0.752. The number of hydrogen-bond donors (Lipinski definition) is 0. The van der Waals surface area contributed by atoms with E-state index in [1.54, 1.807) is 7.05 Å². The molecule has 0 aromatic heterocycles. The predicted octanol–water partition coefficient (Wildman–Crippen LogP) is 2.07. The molecule has 0 rings (SSSR count). The summed E-state index contributed by atoms with van der Waals surface area (Å²) in [6.07, 6.45) is 0. The van der Waals surface area contributed by atoms with E-state index in [2.05, 4.69) is 16.6 Å². The molecule has 0 saturated carbocycles. The van der Waals surface area contributed by atoms with Crippen LogP contribution in [0.5, 0.6) is 0 Å². The molecule has 0 amide bonds. The van der Waals surface area contributed by atoms with E-state index in [0.717, 1.165) is 17.1 Å². The van der Waals surface area contributed by atoms with E-state index in [1.807, 2.05) is 20.8 Å². The molecule has 0 aliphatic carbocycles. The number of allylic oxidation sites excluding steroid dienone is 1. The smallest absolute Gasteiger partial charge is 0.0764 e. The van der Waals surface area contributed by atoms with Gasteiger partial charge in [0, 0.05) is 12.8 Å². The lowest BCUT2D eigenvalue weighted by Crippen LogP contribution is -1.94. The van der Waals surface area contributed by atoms with Gasteiger partial charge in [-0.25, -0.2) is 0 Å². The summed E-state index contributed by atoms with van der Waals surface area (Å²) in [5.74, 6) is 0. The van der Waals surface area contributed by atoms with Gasteiger partial charge in [0.15, 0.2) is 0 Å². The van der Waals surface area contributed by atoms with E-state index in [-0.39, 0.29) is 0 Å². The van der Waals surface area contributed by atoms with Crippen LogP contribution in [-0.4, -0.2) is 18.5 Å². The third-order valence-corrected chi connectivity index (χ3v) is 1.11. The van der Waals surface area contributed by atoms with Crippen molar-refractivity contribution in [3.8, 4) is 0 Å². The first-order chi connectivity index (χ1) is 4.57. The molecule has 0 aromatic carbocycles. The van der Waals surface area contributed by atoms with Gasteiger partial charge in [-0.15, -0.1) is 0 Å². The summed E-state index contributed by atoms with van der Waals surface area (Å²) in [6, 6.07) is 0. The average Bonchev–Trinajstić information content (AvgIpc) is 1.85. The molecule has 0 saturated heterocycles. The van der Waals surface area contributed by atoms with Crippen LogP contribution in [0.15, 0.2) is 22.3 Å². The molecule has 0 aromatic rings. The molecule has 56 valence electrons. The zero-order chi connectivity index (χ0) is 8.15. The molecular weight excluding hydrogens is 124 g/mol. The number of aliphatic imine (C=N–C) groups is 2. The fraction of sp³-hybridized carbons (Fsp3) is 0.500. The highest BCUT2D eigenvalue weighted by molar-refractivity contribution is 5.99. The van der Waals surface area contributed by atoms with Crippen LogP contribution in [0, 0.1) is 0 Å². The highest BCUT2D eigenvalue weighted by Gasteiger charge is 1.92. The summed E-state index contributed by atoms with van der Waals surface area (Å²) < 4.78 is 0. The number of rotatable bonds is 2. The Kier molecular flexibility index (Phi) is 3.62. The van der Waals surface area contributed by atoms with Crippen molar-refractivity contribution < 1.29 is 0 Å². The molecule has 0 fully saturated rings. The molecule has 0 N–H and O–H groups in total. The van der Waals surface area contributed by atoms with Crippen molar-refractivity contribution in [2.24, 2.45) is 9.98 Å². The molecular formula is C8H14N2. The van der Waals surface area contributed by atoms with Gasteiger partial charge in [0.2, 0.25) is 0 Å². The molecule has 0 spiro atoms. The zero-order valence-corrected chi connectivity index (χ0v) is 7.10. The largest absolute Gasteiger partial charge is 0.291 e. The summed E-state index contributed by atoms with van der Waals surface area (Å²) in [6.45, 7) is 9.52. The standard InChI is InChI=1S/C8H14N2/c1-6(2)10-8(4)7(3)9-5/h4H2,1-3,5H3. The maximum atomic E-state index is 4.14. The predicted molar refractivity (Wildman–Crippen MR) is 47.0 cm³/mol. The van der Waals surface area contributed by atoms with E-state index in [1.165, 1.54) is 0 Å². The summed E-state index contributed by atoms with van der Waals surface area (Å²) in [7, 11) is 1.74. The topological polar surface area (TPSA) is 24.7 Å². The average molecular weight is 138 g/mol. The summed E-state index contributed by atoms with van der Waals surface area (Å²) in [5.41, 5.74) is 2.65. The molecule has 0 bridgehead atoms. The van der Waals surface area contributed by atoms with Crippen molar-refractivity contribution in [2.45, 2.75) is 20.8 Å². The number of hydrogen-bond acceptors (Lipinski definition) is 2. The van der Waals surface area contributed by atoms with Crippen LogP contribution in [0.3, 0.4) is 0 Å². The Bertz CT molecular complexity index is 183. The zero-order valence-electron chi connectivity index (χ0n) is 7.10. The Labute approximate surface area is 62.4 Å². The Morgan fingerprint density at radius 1 is 1.20 bits per heavy atom. The van der Waals surface area contributed by atoms with E-state index >= 15 is 0 Å². The molecule has 2 nitrogen and oxygen atoms in total. The third-order valence-electron chi connectivity index (χ3n) is 1.11. The van der Waals surface area contributed by atoms with Crippen molar-refractivity contribution >= 4 is 11.4 Å². The second-order valence-electron chi connectivity index (χ2n) is 2.31. The summed E-state index contributed by atoms with van der Waals surface area (Å²) in [5, 5.41) is 0. The van der Waals surface area contributed by atoms with Crippen molar-refractivity contribution in [1.29, 1.82) is 0 Å². The molecule has 0 atom stereocenters. The second-order valence-corrected chi connectivity index (χ2v) is 2.31. The Morgan fingerprint density at radius 3 is 2.00 bits per heavy atom. The van der Waals surface area contributed by atoms with Gasteiger partial charge in [0.25, 0.3) is 0 Å². The minimum Gasteiger partial charge on any atom is -0.291 e. The quantitative estimate of drug-likeness (QED) is 0.522. The van der Waals surface area contributed by atoms with Crippen molar-refractivity contribution in [2.75, 3.05) is 7.05 Å². The highest BCUT2D eigenvalue weighted by atomic mass is 14.8. The third kappa shape index (κ3) is 3.17. The van der Waals surface area contributed by atoms with Gasteiger partial charge in [-0.2, -0.15) is 0 Å². The van der Waals surface area contributed by atoms with E-state index in [4.69, 9.17) is 0 Å². The molecule has 0 radical (unpaired) electrons. The highest BCUT2D eigenvalue weighted by Crippen LogP contribution is 1.96. The normalized spacial score (nSPS) is 11.0. The Morgan fingerprint density at radius 2 is 1.70 bits per heavy atom. The molecule has 0 unspecified atom stereocenters. The van der Waals surface area contributed by atoms with Gasteiger partial charge >= 0.3 is 0 Å². The van der Waals surface area contributed by atoms with Crippen LogP contribution in [0.4, 0.5) is 0 Å². The van der Waals surface area contributed by atoms with Crippen LogP contribution < -0.4 is 0 Å². The second kappa shape index (κ2) is 3.99. The Hall–Kier alpha value is -0.920. The summed E-state index contributed by atoms with van der Waals surface area (Å²) >= 11 is 0. The number of nitrogens with zero attached hydrogens (tertiary/aromatic N) is 2. The first kappa shape index (κ1) is 9.08. The first-order valence-electron chi connectivity index (χ1n) is 3.22. The van der Waals surface area contributed by atoms with Gasteiger partial charge < -0.3 is 0 Å². The van der Waals surface area contributed by atoms with Crippen molar-refractivity contribution in [3.05, 3.63) is 12.3 Å². The van der Waals surface area contributed by atoms with E-state index in [0.29, 0.717) is 0 Å². The lowest BCUT2D eigenvalue weighted by atomic mass is 10.3. The molecule has 10 heavy (non-hydrogen) atoms. The fourth-order valence-corrected chi connectivity index (χ4v) is 0.480. The van der Waals surface area contributed by atoms with E-state index < -0.39 is 0 Å². The van der Waals surface area contributed by atoms with Crippen LogP contribution in [0.1, 0.15) is 20.8 Å². The van der Waals surface area contributed by atoms with Crippen LogP contribution in [-0.2, 0) is 0 Å². The lowest BCUT2D eigenvalue weighted by molar-refractivity contribution is 1.35. The van der Waals surface area contributed by atoms with Gasteiger partial charge in [-0.05, 0) is 20.8 Å². The van der Waals surface area contributed by atoms with Crippen LogP contribution in [0.25, 0.3) is 0 Å². The maximum Gasteiger partial charge on any atom is 0.0764 e. The summed E-state index contributed by atoms with van der Waals surface area (Å²) in [4.78, 5) is 8.09. The lowest BCUT2D eigenvalue weighted by Gasteiger charge is -1.96. The van der Waals surface area contributed by atoms with E-state index in [9.17, 15) is 0 Å². The van der Waals surface area contributed by atoms with Crippen LogP contribution in [0.2, 0.25) is 0 Å². The van der Waals surface area contributed by atoms with Crippen molar-refractivity contribution in [1.82, 2.24) is 0 Å². The Balaban J connectivity index is 4.26. The molecule has 0 aliphatic rings. The van der Waals surface area contributed by atoms with Crippen LogP contribution >= 0.6 is 0 Å². The fourth-order valence-electron chi connectivity index (χ4n) is 0.480. The maximum absolute atomic E-state index is 4.14. The van der Waals surface area contributed by atoms with Gasteiger partial charge in [0.05, 0.1) is 11.4 Å². The molecule has 0 aliphatic heterocycles. The monoisotopic (exact) mass is 138 g/mol. The van der Waals surface area contributed by atoms with Gasteiger partial charge in [-0.3, -0.25) is 9.98 Å².